The van der Waals surface area contributed by atoms with Crippen molar-refractivity contribution in [2.75, 3.05) is 6.61 Å². The maximum Gasteiger partial charge on any atom is 0.127 e. The number of aliphatic hydroxyl groups is 1. The molecule has 0 unspecified atom stereocenters. The fraction of sp³-hybridized carbons (Fsp3) is 0.647. The molecule has 1 N–H and O–H groups in total. The zero-order valence-electron chi connectivity index (χ0n) is 13.4. The summed E-state index contributed by atoms with van der Waals surface area (Å²) >= 11 is 3.44. The maximum absolute atomic E-state index is 9.76. The number of rotatable bonds is 4. The predicted molar refractivity (Wildman–Crippen MR) is 88.9 cm³/mol. The molecule has 1 fully saturated rings. The molecule has 0 radical (unpaired) electrons. The van der Waals surface area contributed by atoms with Crippen molar-refractivity contribution in [2.24, 2.45) is 0 Å². The van der Waals surface area contributed by atoms with Gasteiger partial charge >= 0.3 is 0 Å². The lowest BCUT2D eigenvalue weighted by atomic mass is 9.82. The van der Waals surface area contributed by atoms with Crippen LogP contribution in [-0.2, 0) is 4.84 Å². The van der Waals surface area contributed by atoms with E-state index in [9.17, 15) is 5.11 Å². The van der Waals surface area contributed by atoms with Crippen LogP contribution in [0.15, 0.2) is 28.7 Å². The first-order chi connectivity index (χ1) is 9.76. The van der Waals surface area contributed by atoms with Crippen molar-refractivity contribution < 1.29 is 9.94 Å². The first-order valence-corrected chi connectivity index (χ1v) is 8.39. The maximum atomic E-state index is 9.76. The third-order valence-corrected chi connectivity index (χ3v) is 4.85. The van der Waals surface area contributed by atoms with E-state index in [1.807, 2.05) is 24.3 Å². The van der Waals surface area contributed by atoms with Crippen molar-refractivity contribution in [3.05, 3.63) is 34.3 Å². The summed E-state index contributed by atoms with van der Waals surface area (Å²) < 4.78 is 1.03. The van der Waals surface area contributed by atoms with Crippen LogP contribution in [0, 0.1) is 0 Å². The van der Waals surface area contributed by atoms with Gasteiger partial charge in [-0.05, 0) is 64.7 Å². The second kappa shape index (κ2) is 6.37. The summed E-state index contributed by atoms with van der Waals surface area (Å²) in [5.41, 5.74) is 0.951. The standard InChI is InChI=1S/C17H26BrNO2/c1-16(2)10-5-11-17(3,4)19(16)21-15(12-20)13-6-8-14(18)9-7-13/h6-9,15,20H,5,10-12H2,1-4H3/t15-/m1/s1. The van der Waals surface area contributed by atoms with Crippen LogP contribution in [0.25, 0.3) is 0 Å². The van der Waals surface area contributed by atoms with Crippen LogP contribution >= 0.6 is 15.9 Å². The SMILES string of the molecule is CC1(C)CCCC(C)(C)N1O[C@H](CO)c1ccc(Br)cc1. The quantitative estimate of drug-likeness (QED) is 0.865. The predicted octanol–water partition coefficient (Wildman–Crippen LogP) is 4.46. The van der Waals surface area contributed by atoms with Gasteiger partial charge in [-0.25, -0.2) is 0 Å². The molecule has 3 nitrogen and oxygen atoms in total. The van der Waals surface area contributed by atoms with Gasteiger partial charge in [0.1, 0.15) is 6.10 Å². The topological polar surface area (TPSA) is 32.7 Å². The van der Waals surface area contributed by atoms with Crippen LogP contribution in [0.5, 0.6) is 0 Å². The minimum Gasteiger partial charge on any atom is -0.393 e. The number of nitrogens with zero attached hydrogens (tertiary/aromatic N) is 1. The normalized spacial score (nSPS) is 23.0. The molecule has 0 spiro atoms. The third kappa shape index (κ3) is 3.86. The van der Waals surface area contributed by atoms with Crippen molar-refractivity contribution in [1.29, 1.82) is 0 Å². The molecule has 1 heterocycles. The average Bonchev–Trinajstić information content (AvgIpc) is 2.39. The highest BCUT2D eigenvalue weighted by atomic mass is 79.9. The van der Waals surface area contributed by atoms with Crippen molar-refractivity contribution in [1.82, 2.24) is 5.06 Å². The number of piperidine rings is 1. The van der Waals surface area contributed by atoms with Gasteiger partial charge in [0.15, 0.2) is 0 Å². The zero-order chi connectivity index (χ0) is 15.7. The van der Waals surface area contributed by atoms with Gasteiger partial charge in [0.05, 0.1) is 6.61 Å². The van der Waals surface area contributed by atoms with E-state index in [-0.39, 0.29) is 23.8 Å². The van der Waals surface area contributed by atoms with Crippen molar-refractivity contribution in [3.63, 3.8) is 0 Å². The van der Waals surface area contributed by atoms with Gasteiger partial charge in [-0.15, -0.1) is 0 Å². The summed E-state index contributed by atoms with van der Waals surface area (Å²) in [7, 11) is 0. The molecule has 1 aromatic rings. The van der Waals surface area contributed by atoms with E-state index in [0.717, 1.165) is 22.9 Å². The number of halogens is 1. The van der Waals surface area contributed by atoms with Crippen LogP contribution in [0.4, 0.5) is 0 Å². The Balaban J connectivity index is 2.21. The highest BCUT2D eigenvalue weighted by Crippen LogP contribution is 2.40. The molecule has 1 saturated heterocycles. The highest BCUT2D eigenvalue weighted by molar-refractivity contribution is 9.10. The van der Waals surface area contributed by atoms with E-state index in [1.165, 1.54) is 6.42 Å². The lowest BCUT2D eigenvalue weighted by Crippen LogP contribution is -2.58. The van der Waals surface area contributed by atoms with Gasteiger partial charge in [-0.3, -0.25) is 4.84 Å². The summed E-state index contributed by atoms with van der Waals surface area (Å²) in [6, 6.07) is 7.95. The second-order valence-electron chi connectivity index (χ2n) is 7.10. The summed E-state index contributed by atoms with van der Waals surface area (Å²) in [5, 5.41) is 11.9. The number of benzene rings is 1. The van der Waals surface area contributed by atoms with E-state index < -0.39 is 0 Å². The first-order valence-electron chi connectivity index (χ1n) is 7.60. The van der Waals surface area contributed by atoms with Gasteiger partial charge in [0, 0.05) is 15.6 Å². The van der Waals surface area contributed by atoms with Gasteiger partial charge in [-0.1, -0.05) is 28.1 Å². The fourth-order valence-electron chi connectivity index (χ4n) is 3.27. The van der Waals surface area contributed by atoms with Gasteiger partial charge in [-0.2, -0.15) is 5.06 Å². The number of aliphatic hydroxyl groups excluding tert-OH is 1. The fourth-order valence-corrected chi connectivity index (χ4v) is 3.53. The lowest BCUT2D eigenvalue weighted by molar-refractivity contribution is -0.311. The Morgan fingerprint density at radius 1 is 1.14 bits per heavy atom. The summed E-state index contributed by atoms with van der Waals surface area (Å²) in [6.45, 7) is 8.83. The lowest BCUT2D eigenvalue weighted by Gasteiger charge is -2.52. The largest absolute Gasteiger partial charge is 0.393 e. The number of hydroxylamine groups is 2. The summed E-state index contributed by atoms with van der Waals surface area (Å²) in [5.74, 6) is 0. The number of hydrogen-bond donors (Lipinski definition) is 1. The van der Waals surface area contributed by atoms with E-state index in [0.29, 0.717) is 0 Å². The molecule has 0 saturated carbocycles. The molecule has 0 aromatic heterocycles. The van der Waals surface area contributed by atoms with E-state index in [2.05, 4.69) is 48.7 Å². The molecule has 1 aliphatic heterocycles. The van der Waals surface area contributed by atoms with E-state index >= 15 is 0 Å². The van der Waals surface area contributed by atoms with E-state index in [1.54, 1.807) is 0 Å². The molecule has 2 rings (SSSR count). The molecule has 118 valence electrons. The molecule has 1 atom stereocenters. The molecule has 0 bridgehead atoms. The smallest absolute Gasteiger partial charge is 0.127 e. The van der Waals surface area contributed by atoms with Gasteiger partial charge < -0.3 is 5.11 Å². The van der Waals surface area contributed by atoms with Crippen molar-refractivity contribution >= 4 is 15.9 Å². The van der Waals surface area contributed by atoms with Crippen LogP contribution in [0.2, 0.25) is 0 Å². The van der Waals surface area contributed by atoms with Gasteiger partial charge in [0.25, 0.3) is 0 Å². The Kier molecular flexibility index (Phi) is 5.14. The summed E-state index contributed by atoms with van der Waals surface area (Å²) in [6.07, 6.45) is 3.10. The third-order valence-electron chi connectivity index (χ3n) is 4.32. The molecular formula is C17H26BrNO2. The minimum absolute atomic E-state index is 0.0233. The zero-order valence-corrected chi connectivity index (χ0v) is 15.0. The molecule has 1 aliphatic rings. The van der Waals surface area contributed by atoms with Gasteiger partial charge in [0.2, 0.25) is 0 Å². The second-order valence-corrected chi connectivity index (χ2v) is 8.02. The molecule has 21 heavy (non-hydrogen) atoms. The van der Waals surface area contributed by atoms with E-state index in [4.69, 9.17) is 4.84 Å². The first kappa shape index (κ1) is 16.9. The van der Waals surface area contributed by atoms with Crippen molar-refractivity contribution in [3.8, 4) is 0 Å². The Labute approximate surface area is 136 Å². The van der Waals surface area contributed by atoms with Crippen LogP contribution in [-0.4, -0.2) is 27.9 Å². The minimum atomic E-state index is -0.324. The average molecular weight is 356 g/mol. The highest BCUT2D eigenvalue weighted by Gasteiger charge is 2.43. The Morgan fingerprint density at radius 3 is 2.14 bits per heavy atom. The Hall–Kier alpha value is -0.420. The molecule has 0 amide bonds. The molecule has 4 heteroatoms. The number of hydrogen-bond acceptors (Lipinski definition) is 3. The Morgan fingerprint density at radius 2 is 1.67 bits per heavy atom. The molecular weight excluding hydrogens is 330 g/mol. The molecule has 0 aliphatic carbocycles. The van der Waals surface area contributed by atoms with Crippen molar-refractivity contribution in [2.45, 2.75) is 64.1 Å². The molecule has 1 aromatic carbocycles. The summed E-state index contributed by atoms with van der Waals surface area (Å²) in [4.78, 5) is 6.27. The Bertz CT molecular complexity index is 454. The van der Waals surface area contributed by atoms with Crippen LogP contribution in [0.1, 0.15) is 58.6 Å². The van der Waals surface area contributed by atoms with Crippen LogP contribution < -0.4 is 0 Å². The monoisotopic (exact) mass is 355 g/mol. The van der Waals surface area contributed by atoms with Crippen LogP contribution in [0.3, 0.4) is 0 Å².